The molecule has 144 valence electrons. The Morgan fingerprint density at radius 3 is 2.39 bits per heavy atom. The molecule has 1 amide bonds. The van der Waals surface area contributed by atoms with E-state index >= 15 is 0 Å². The number of amides is 1. The summed E-state index contributed by atoms with van der Waals surface area (Å²) in [4.78, 5) is 16.6. The van der Waals surface area contributed by atoms with Gasteiger partial charge in [0.2, 0.25) is 0 Å². The molecule has 7 heteroatoms. The molecular weight excluding hydrogens is 414 g/mol. The maximum atomic E-state index is 13.3. The van der Waals surface area contributed by atoms with Crippen LogP contribution in [-0.2, 0) is 16.3 Å². The van der Waals surface area contributed by atoms with E-state index in [1.165, 1.54) is 17.0 Å². The molecule has 3 aromatic rings. The van der Waals surface area contributed by atoms with Crippen LogP contribution in [0.15, 0.2) is 64.9 Å². The minimum Gasteiger partial charge on any atom is -0.327 e. The van der Waals surface area contributed by atoms with Gasteiger partial charge in [-0.2, -0.15) is 0 Å². The minimum atomic E-state index is -3.30. The average Bonchev–Trinajstić information content (AvgIpc) is 3.16. The van der Waals surface area contributed by atoms with E-state index in [2.05, 4.69) is 11.4 Å². The molecule has 0 saturated heterocycles. The molecule has 1 aromatic heterocycles. The molecule has 0 saturated carbocycles. The zero-order valence-corrected chi connectivity index (χ0v) is 17.5. The van der Waals surface area contributed by atoms with Crippen LogP contribution in [0.4, 0.5) is 0 Å². The van der Waals surface area contributed by atoms with Crippen molar-refractivity contribution < 1.29 is 13.2 Å². The number of halogens is 1. The highest BCUT2D eigenvalue weighted by atomic mass is 35.5. The molecule has 1 aliphatic rings. The molecule has 0 N–H and O–H groups in total. The molecule has 0 fully saturated rings. The van der Waals surface area contributed by atoms with Gasteiger partial charge in [-0.15, -0.1) is 11.3 Å². The highest BCUT2D eigenvalue weighted by Crippen LogP contribution is 2.38. The van der Waals surface area contributed by atoms with Crippen molar-refractivity contribution in [2.24, 2.45) is 0 Å². The summed E-state index contributed by atoms with van der Waals surface area (Å²) >= 11 is 7.76. The monoisotopic (exact) mass is 431 g/mol. The van der Waals surface area contributed by atoms with Crippen molar-refractivity contribution in [1.29, 1.82) is 0 Å². The van der Waals surface area contributed by atoms with Gasteiger partial charge in [0, 0.05) is 28.3 Å². The number of hydrogen-bond donors (Lipinski definition) is 0. The van der Waals surface area contributed by atoms with Crippen molar-refractivity contribution >= 4 is 38.7 Å². The van der Waals surface area contributed by atoms with Gasteiger partial charge in [-0.3, -0.25) is 4.79 Å². The molecule has 1 atom stereocenters. The number of nitrogens with zero attached hydrogens (tertiary/aromatic N) is 1. The molecule has 28 heavy (non-hydrogen) atoms. The second kappa shape index (κ2) is 7.35. The Morgan fingerprint density at radius 2 is 1.75 bits per heavy atom. The van der Waals surface area contributed by atoms with Gasteiger partial charge in [-0.05, 0) is 65.4 Å². The van der Waals surface area contributed by atoms with Gasteiger partial charge in [0.05, 0.1) is 10.9 Å². The lowest BCUT2D eigenvalue weighted by molar-refractivity contribution is 0.0696. The van der Waals surface area contributed by atoms with Crippen molar-refractivity contribution in [3.63, 3.8) is 0 Å². The maximum Gasteiger partial charge on any atom is 0.254 e. The van der Waals surface area contributed by atoms with Gasteiger partial charge in [-0.1, -0.05) is 23.7 Å². The van der Waals surface area contributed by atoms with Crippen LogP contribution in [0.1, 0.15) is 32.4 Å². The number of sulfone groups is 1. The molecule has 0 aliphatic carbocycles. The van der Waals surface area contributed by atoms with Gasteiger partial charge in [0.1, 0.15) is 0 Å². The number of rotatable bonds is 3. The first kappa shape index (κ1) is 19.2. The van der Waals surface area contributed by atoms with Crippen LogP contribution in [0.5, 0.6) is 0 Å². The van der Waals surface area contributed by atoms with Crippen LogP contribution in [0.3, 0.4) is 0 Å². The number of carbonyl (C=O) groups excluding carboxylic acids is 1. The summed E-state index contributed by atoms with van der Waals surface area (Å²) in [6.07, 6.45) is 1.97. The van der Waals surface area contributed by atoms with Crippen LogP contribution >= 0.6 is 22.9 Å². The summed E-state index contributed by atoms with van der Waals surface area (Å²) in [5.74, 6) is -0.114. The number of fused-ring (bicyclic) bond motifs is 1. The van der Waals surface area contributed by atoms with Crippen LogP contribution in [0, 0.1) is 0 Å². The van der Waals surface area contributed by atoms with E-state index in [1.54, 1.807) is 23.5 Å². The molecule has 0 spiro atoms. The molecule has 4 nitrogen and oxygen atoms in total. The number of benzene rings is 2. The minimum absolute atomic E-state index is 0.114. The topological polar surface area (TPSA) is 54.5 Å². The Morgan fingerprint density at radius 1 is 1.07 bits per heavy atom. The third-order valence-electron chi connectivity index (χ3n) is 4.94. The van der Waals surface area contributed by atoms with Gasteiger partial charge in [0.25, 0.3) is 5.91 Å². The van der Waals surface area contributed by atoms with Crippen molar-refractivity contribution in [1.82, 2.24) is 4.90 Å². The lowest BCUT2D eigenvalue weighted by Crippen LogP contribution is -2.40. The predicted octanol–water partition coefficient (Wildman–Crippen LogP) is 4.59. The number of carbonyl (C=O) groups is 1. The summed E-state index contributed by atoms with van der Waals surface area (Å²) in [6, 6.07) is 15.6. The zero-order chi connectivity index (χ0) is 19.9. The Balaban J connectivity index is 1.72. The summed E-state index contributed by atoms with van der Waals surface area (Å²) in [5.41, 5.74) is 2.62. The van der Waals surface area contributed by atoms with Crippen molar-refractivity contribution in [3.8, 4) is 0 Å². The number of thiophene rings is 1. The van der Waals surface area contributed by atoms with E-state index in [0.717, 1.165) is 23.8 Å². The molecule has 2 heterocycles. The van der Waals surface area contributed by atoms with Gasteiger partial charge >= 0.3 is 0 Å². The highest BCUT2D eigenvalue weighted by Gasteiger charge is 2.33. The summed E-state index contributed by atoms with van der Waals surface area (Å²) < 4.78 is 23.4. The number of hydrogen-bond acceptors (Lipinski definition) is 4. The lowest BCUT2D eigenvalue weighted by Gasteiger charge is -2.36. The van der Waals surface area contributed by atoms with E-state index in [1.807, 2.05) is 29.2 Å². The fourth-order valence-corrected chi connectivity index (χ4v) is 5.21. The van der Waals surface area contributed by atoms with Crippen LogP contribution in [0.2, 0.25) is 5.02 Å². The molecule has 2 aromatic carbocycles. The normalized spacial score (nSPS) is 16.6. The van der Waals surface area contributed by atoms with Crippen LogP contribution in [0.25, 0.3) is 0 Å². The first-order chi connectivity index (χ1) is 13.3. The van der Waals surface area contributed by atoms with Crippen molar-refractivity contribution in [3.05, 3.63) is 86.6 Å². The second-order valence-corrected chi connectivity index (χ2v) is 10.3. The van der Waals surface area contributed by atoms with E-state index in [9.17, 15) is 13.2 Å². The van der Waals surface area contributed by atoms with Gasteiger partial charge in [0.15, 0.2) is 9.84 Å². The summed E-state index contributed by atoms with van der Waals surface area (Å²) in [6.45, 7) is 0.605. The Hall–Kier alpha value is -2.15. The van der Waals surface area contributed by atoms with E-state index in [-0.39, 0.29) is 16.8 Å². The van der Waals surface area contributed by atoms with Crippen molar-refractivity contribution in [2.75, 3.05) is 12.8 Å². The molecular formula is C21H18ClNO3S2. The summed E-state index contributed by atoms with van der Waals surface area (Å²) in [7, 11) is -3.30. The Labute approximate surface area is 173 Å². The second-order valence-electron chi connectivity index (χ2n) is 6.80. The summed E-state index contributed by atoms with van der Waals surface area (Å²) in [5, 5.41) is 2.71. The standard InChI is InChI=1S/C21H18ClNO3S2/c1-28(25,26)17-8-4-15(5-9-17)21(24)23-12-10-19-18(11-13-27-19)20(23)14-2-6-16(22)7-3-14/h2-9,11,13,20H,10,12H2,1H3. The third-order valence-corrected chi connectivity index (χ3v) is 7.32. The largest absolute Gasteiger partial charge is 0.327 e. The first-order valence-corrected chi connectivity index (χ1v) is 11.9. The van der Waals surface area contributed by atoms with E-state index in [4.69, 9.17) is 11.6 Å². The quantitative estimate of drug-likeness (QED) is 0.609. The fourth-order valence-electron chi connectivity index (χ4n) is 3.55. The smallest absolute Gasteiger partial charge is 0.254 e. The van der Waals surface area contributed by atoms with E-state index in [0.29, 0.717) is 17.1 Å². The highest BCUT2D eigenvalue weighted by molar-refractivity contribution is 7.90. The third kappa shape index (κ3) is 3.60. The predicted molar refractivity (Wildman–Crippen MR) is 112 cm³/mol. The zero-order valence-electron chi connectivity index (χ0n) is 15.1. The first-order valence-electron chi connectivity index (χ1n) is 8.77. The van der Waals surface area contributed by atoms with Crippen LogP contribution < -0.4 is 0 Å². The maximum absolute atomic E-state index is 13.3. The van der Waals surface area contributed by atoms with Gasteiger partial charge < -0.3 is 4.90 Å². The molecule has 0 bridgehead atoms. The van der Waals surface area contributed by atoms with Crippen molar-refractivity contribution in [2.45, 2.75) is 17.4 Å². The molecule has 1 unspecified atom stereocenters. The lowest BCUT2D eigenvalue weighted by atomic mass is 9.92. The van der Waals surface area contributed by atoms with E-state index < -0.39 is 9.84 Å². The molecule has 0 radical (unpaired) electrons. The van der Waals surface area contributed by atoms with Gasteiger partial charge in [-0.25, -0.2) is 8.42 Å². The SMILES string of the molecule is CS(=O)(=O)c1ccc(C(=O)N2CCc3sccc3C2c2ccc(Cl)cc2)cc1. The molecule has 4 rings (SSSR count). The van der Waals surface area contributed by atoms with Crippen LogP contribution in [-0.4, -0.2) is 32.0 Å². The average molecular weight is 432 g/mol. The fraction of sp³-hybridized carbons (Fsp3) is 0.190. The Bertz CT molecular complexity index is 1120. The molecule has 1 aliphatic heterocycles. The Kier molecular flexibility index (Phi) is 5.04.